The second-order valence-electron chi connectivity index (χ2n) is 9.69. The smallest absolute Gasteiger partial charge is 0.216 e. The fourth-order valence-electron chi connectivity index (χ4n) is 5.74. The van der Waals surface area contributed by atoms with Gasteiger partial charge in [-0.25, -0.2) is 8.78 Å². The van der Waals surface area contributed by atoms with Crippen LogP contribution in [0.3, 0.4) is 0 Å². The molecule has 1 N–H and O–H groups in total. The molecule has 1 amide bonds. The van der Waals surface area contributed by atoms with Crippen molar-refractivity contribution in [1.82, 2.24) is 10.2 Å². The van der Waals surface area contributed by atoms with Gasteiger partial charge in [-0.3, -0.25) is 9.69 Å². The highest BCUT2D eigenvalue weighted by Crippen LogP contribution is 2.62. The minimum absolute atomic E-state index is 0.00891. The molecular weight excluding hydrogens is 489 g/mol. The molecule has 0 bridgehead atoms. The Balaban J connectivity index is 1.43. The Morgan fingerprint density at radius 3 is 1.97 bits per heavy atom. The molecule has 182 valence electrons. The number of rotatable bonds is 7. The Hall–Kier alpha value is -2.47. The van der Waals surface area contributed by atoms with Crippen LogP contribution >= 0.6 is 23.2 Å². The highest BCUT2D eigenvalue weighted by molar-refractivity contribution is 6.30. The second kappa shape index (κ2) is 9.53. The van der Waals surface area contributed by atoms with Gasteiger partial charge in [-0.05, 0) is 71.3 Å². The Bertz CT molecular complexity index is 1160. The molecule has 1 saturated heterocycles. The Morgan fingerprint density at radius 2 is 1.49 bits per heavy atom. The SMILES string of the molecule is CC(=O)NCC1C[C@]1(c1cc(F)cc(F)c1)C1CN(C(c2ccc(Cl)cc2)c2ccc(Cl)cc2)C1. The summed E-state index contributed by atoms with van der Waals surface area (Å²) in [5.41, 5.74) is 2.56. The van der Waals surface area contributed by atoms with Crippen molar-refractivity contribution in [2.45, 2.75) is 24.8 Å². The monoisotopic (exact) mass is 514 g/mol. The number of carbonyl (C=O) groups excluding carboxylic acids is 1. The van der Waals surface area contributed by atoms with Crippen LogP contribution in [0.2, 0.25) is 10.0 Å². The fraction of sp³-hybridized carbons (Fsp3) is 0.321. The van der Waals surface area contributed by atoms with E-state index in [4.69, 9.17) is 23.2 Å². The molecule has 1 saturated carbocycles. The molecule has 1 heterocycles. The zero-order chi connectivity index (χ0) is 24.7. The van der Waals surface area contributed by atoms with Crippen LogP contribution in [0.5, 0.6) is 0 Å². The normalized spacial score (nSPS) is 22.2. The van der Waals surface area contributed by atoms with E-state index in [0.717, 1.165) is 36.7 Å². The molecule has 0 aromatic heterocycles. The largest absolute Gasteiger partial charge is 0.356 e. The number of likely N-dealkylation sites (tertiary alicyclic amines) is 1. The second-order valence-corrected chi connectivity index (χ2v) is 10.6. The van der Waals surface area contributed by atoms with E-state index in [0.29, 0.717) is 22.2 Å². The van der Waals surface area contributed by atoms with E-state index >= 15 is 0 Å². The first-order chi connectivity index (χ1) is 16.8. The third-order valence-corrected chi connectivity index (χ3v) is 8.03. The van der Waals surface area contributed by atoms with E-state index in [1.807, 2.05) is 48.5 Å². The summed E-state index contributed by atoms with van der Waals surface area (Å²) in [6.45, 7) is 3.52. The molecular formula is C28H26Cl2F2N2O. The topological polar surface area (TPSA) is 32.3 Å². The summed E-state index contributed by atoms with van der Waals surface area (Å²) in [6.07, 6.45) is 0.793. The zero-order valence-electron chi connectivity index (χ0n) is 19.3. The molecule has 3 nitrogen and oxygen atoms in total. The lowest BCUT2D eigenvalue weighted by molar-refractivity contribution is -0.119. The zero-order valence-corrected chi connectivity index (χ0v) is 20.8. The van der Waals surface area contributed by atoms with Crippen molar-refractivity contribution in [3.05, 3.63) is 105 Å². The number of nitrogens with one attached hydrogen (secondary N) is 1. The lowest BCUT2D eigenvalue weighted by atomic mass is 9.74. The van der Waals surface area contributed by atoms with Crippen LogP contribution in [0.25, 0.3) is 0 Å². The molecule has 3 aromatic carbocycles. The van der Waals surface area contributed by atoms with E-state index in [9.17, 15) is 13.6 Å². The lowest BCUT2D eigenvalue weighted by Crippen LogP contribution is -2.54. The lowest BCUT2D eigenvalue weighted by Gasteiger charge is -2.49. The van der Waals surface area contributed by atoms with Gasteiger partial charge in [0.2, 0.25) is 5.91 Å². The number of hydrogen-bond donors (Lipinski definition) is 1. The van der Waals surface area contributed by atoms with Gasteiger partial charge in [-0.15, -0.1) is 0 Å². The highest BCUT2D eigenvalue weighted by atomic mass is 35.5. The van der Waals surface area contributed by atoms with E-state index in [2.05, 4.69) is 10.2 Å². The molecule has 5 rings (SSSR count). The number of hydrogen-bond acceptors (Lipinski definition) is 2. The van der Waals surface area contributed by atoms with Gasteiger partial charge in [0, 0.05) is 48.1 Å². The van der Waals surface area contributed by atoms with Crippen LogP contribution in [0.4, 0.5) is 8.78 Å². The van der Waals surface area contributed by atoms with Crippen LogP contribution < -0.4 is 5.32 Å². The maximum Gasteiger partial charge on any atom is 0.216 e. The van der Waals surface area contributed by atoms with Crippen LogP contribution in [-0.4, -0.2) is 30.4 Å². The van der Waals surface area contributed by atoms with Gasteiger partial charge in [0.15, 0.2) is 0 Å². The van der Waals surface area contributed by atoms with Crippen LogP contribution in [0.15, 0.2) is 66.7 Å². The molecule has 2 aliphatic rings. The van der Waals surface area contributed by atoms with E-state index in [-0.39, 0.29) is 29.2 Å². The fourth-order valence-corrected chi connectivity index (χ4v) is 5.99. The average Bonchev–Trinajstić information content (AvgIpc) is 3.50. The van der Waals surface area contributed by atoms with Crippen LogP contribution in [-0.2, 0) is 10.2 Å². The maximum atomic E-state index is 14.2. The van der Waals surface area contributed by atoms with E-state index < -0.39 is 11.6 Å². The first-order valence-electron chi connectivity index (χ1n) is 11.7. The summed E-state index contributed by atoms with van der Waals surface area (Å²) in [4.78, 5) is 13.9. The number of halogens is 4. The van der Waals surface area contributed by atoms with Gasteiger partial charge in [-0.2, -0.15) is 0 Å². The number of carbonyl (C=O) groups is 1. The molecule has 0 spiro atoms. The van der Waals surface area contributed by atoms with Crippen molar-refractivity contribution in [3.63, 3.8) is 0 Å². The summed E-state index contributed by atoms with van der Waals surface area (Å²) in [6, 6.07) is 19.5. The Morgan fingerprint density at radius 1 is 0.971 bits per heavy atom. The van der Waals surface area contributed by atoms with Crippen LogP contribution in [0.1, 0.15) is 36.1 Å². The number of nitrogens with zero attached hydrogens (tertiary/aromatic N) is 1. The van der Waals surface area contributed by atoms with Crippen molar-refractivity contribution < 1.29 is 13.6 Å². The molecule has 1 aliphatic heterocycles. The predicted molar refractivity (Wildman–Crippen MR) is 135 cm³/mol. The summed E-state index contributed by atoms with van der Waals surface area (Å²) >= 11 is 12.3. The van der Waals surface area contributed by atoms with Gasteiger partial charge >= 0.3 is 0 Å². The van der Waals surface area contributed by atoms with Crippen molar-refractivity contribution in [3.8, 4) is 0 Å². The van der Waals surface area contributed by atoms with Gasteiger partial charge in [0.05, 0.1) is 6.04 Å². The minimum Gasteiger partial charge on any atom is -0.356 e. The molecule has 7 heteroatoms. The van der Waals surface area contributed by atoms with E-state index in [1.54, 1.807) is 0 Å². The number of amides is 1. The summed E-state index contributed by atoms with van der Waals surface area (Å²) in [5, 5.41) is 4.25. The van der Waals surface area contributed by atoms with Crippen LogP contribution in [0, 0.1) is 23.5 Å². The van der Waals surface area contributed by atoms with Gasteiger partial charge < -0.3 is 5.32 Å². The predicted octanol–water partition coefficient (Wildman–Crippen LogP) is 6.39. The molecule has 1 aliphatic carbocycles. The summed E-state index contributed by atoms with van der Waals surface area (Å²) in [5.74, 6) is -0.882. The third-order valence-electron chi connectivity index (χ3n) is 7.52. The van der Waals surface area contributed by atoms with Gasteiger partial charge in [-0.1, -0.05) is 47.5 Å². The third kappa shape index (κ3) is 4.82. The standard InChI is InChI=1S/C28H26Cl2F2N2O/c1-17(35)33-14-21-13-28(21,20-10-25(31)12-26(32)11-20)22-15-34(16-22)27(18-2-6-23(29)7-3-18)19-4-8-24(30)9-5-19/h2-12,21-22,27H,13-16H2,1H3,(H,33,35)/t21?,28-/m1/s1. The van der Waals surface area contributed by atoms with Gasteiger partial charge in [0.25, 0.3) is 0 Å². The maximum absolute atomic E-state index is 14.2. The molecule has 2 atom stereocenters. The molecule has 1 unspecified atom stereocenters. The molecule has 2 fully saturated rings. The molecule has 35 heavy (non-hydrogen) atoms. The quantitative estimate of drug-likeness (QED) is 0.396. The van der Waals surface area contributed by atoms with E-state index in [1.165, 1.54) is 19.1 Å². The summed E-state index contributed by atoms with van der Waals surface area (Å²) in [7, 11) is 0. The Labute approximate surface area is 214 Å². The van der Waals surface area contributed by atoms with Crippen molar-refractivity contribution in [1.29, 1.82) is 0 Å². The average molecular weight is 515 g/mol. The first kappa shape index (κ1) is 24.2. The van der Waals surface area contributed by atoms with Gasteiger partial charge in [0.1, 0.15) is 11.6 Å². The van der Waals surface area contributed by atoms with Crippen molar-refractivity contribution in [2.75, 3.05) is 19.6 Å². The molecule has 3 aromatic rings. The van der Waals surface area contributed by atoms with Crippen molar-refractivity contribution >= 4 is 29.1 Å². The molecule has 0 radical (unpaired) electrons. The highest BCUT2D eigenvalue weighted by Gasteiger charge is 2.62. The summed E-state index contributed by atoms with van der Waals surface area (Å²) < 4.78 is 28.4. The van der Waals surface area contributed by atoms with Crippen molar-refractivity contribution in [2.24, 2.45) is 11.8 Å². The number of benzene rings is 3. The minimum atomic E-state index is -0.569. The first-order valence-corrected chi connectivity index (χ1v) is 12.5. The Kier molecular flexibility index (Phi) is 6.60.